The third-order valence-electron chi connectivity index (χ3n) is 4.76. The van der Waals surface area contributed by atoms with Gasteiger partial charge in [-0.1, -0.05) is 48.6 Å². The highest BCUT2D eigenvalue weighted by atomic mass is 32.1. The first-order valence-electron chi connectivity index (χ1n) is 9.49. The van der Waals surface area contributed by atoms with E-state index in [0.717, 1.165) is 32.1 Å². The van der Waals surface area contributed by atoms with Crippen molar-refractivity contribution in [1.82, 2.24) is 4.98 Å². The average molecular weight is 440 g/mol. The lowest BCUT2D eigenvalue weighted by molar-refractivity contribution is -0.127. The maximum Gasteiger partial charge on any atom is 0.393 e. The summed E-state index contributed by atoms with van der Waals surface area (Å²) in [5.74, 6) is 0.800. The number of nitrogen functional groups attached to an aromatic ring is 1. The van der Waals surface area contributed by atoms with Gasteiger partial charge in [-0.3, -0.25) is 0 Å². The van der Waals surface area contributed by atoms with Crippen molar-refractivity contribution in [3.05, 3.63) is 77.4 Å². The minimum Gasteiger partial charge on any atom is -0.497 e. The average Bonchev–Trinajstić information content (AvgIpc) is 3.15. The van der Waals surface area contributed by atoms with E-state index < -0.39 is 12.6 Å². The molecule has 0 amide bonds. The van der Waals surface area contributed by atoms with Crippen LogP contribution in [0.5, 0.6) is 5.75 Å². The molecule has 0 unspecified atom stereocenters. The highest BCUT2D eigenvalue weighted by molar-refractivity contribution is 7.21. The number of alkyl halides is 3. The molecule has 1 aromatic heterocycles. The van der Waals surface area contributed by atoms with Gasteiger partial charge in [0.1, 0.15) is 10.8 Å². The Balaban J connectivity index is 1.50. The highest BCUT2D eigenvalue weighted by Crippen LogP contribution is 2.32. The van der Waals surface area contributed by atoms with Crippen LogP contribution in [0.2, 0.25) is 0 Å². The Morgan fingerprint density at radius 3 is 2.45 bits per heavy atom. The Hall–Kier alpha value is -3.32. The van der Waals surface area contributed by atoms with E-state index in [-0.39, 0.29) is 5.56 Å². The molecule has 0 spiro atoms. The molecule has 0 aliphatic rings. The zero-order valence-corrected chi connectivity index (χ0v) is 17.4. The van der Waals surface area contributed by atoms with E-state index in [9.17, 15) is 13.2 Å². The molecule has 1 heterocycles. The number of rotatable bonds is 5. The van der Waals surface area contributed by atoms with Gasteiger partial charge in [0, 0.05) is 11.3 Å². The number of methoxy groups -OCH3 is 1. The number of nitrogens with zero attached hydrogens (tertiary/aromatic N) is 1. The predicted molar refractivity (Wildman–Crippen MR) is 121 cm³/mol. The standard InChI is InChI=1S/C24H19F3N2OS/c1-30-19-10-11-21-22(13-19)31-23(29-21)18-8-3-15(4-9-18)2-6-17-7-5-16(12-20(17)28)14-24(25,26)27/h2-13H,14,28H2,1H3. The molecule has 4 aromatic rings. The van der Waals surface area contributed by atoms with Crippen molar-refractivity contribution in [2.75, 3.05) is 12.8 Å². The second kappa shape index (κ2) is 8.43. The molecular weight excluding hydrogens is 421 g/mol. The third kappa shape index (κ3) is 5.06. The van der Waals surface area contributed by atoms with E-state index in [1.165, 1.54) is 12.1 Å². The van der Waals surface area contributed by atoms with E-state index in [1.54, 1.807) is 30.6 Å². The van der Waals surface area contributed by atoms with Crippen LogP contribution in [0, 0.1) is 0 Å². The van der Waals surface area contributed by atoms with Gasteiger partial charge in [0.05, 0.1) is 23.7 Å². The third-order valence-corrected chi connectivity index (χ3v) is 5.83. The van der Waals surface area contributed by atoms with E-state index in [0.29, 0.717) is 11.3 Å². The Bertz CT molecular complexity index is 1240. The van der Waals surface area contributed by atoms with Gasteiger partial charge < -0.3 is 10.5 Å². The molecule has 31 heavy (non-hydrogen) atoms. The van der Waals surface area contributed by atoms with Crippen molar-refractivity contribution in [2.45, 2.75) is 12.6 Å². The maximum atomic E-state index is 12.5. The number of hydrogen-bond donors (Lipinski definition) is 1. The van der Waals surface area contributed by atoms with Crippen molar-refractivity contribution in [3.63, 3.8) is 0 Å². The lowest BCUT2D eigenvalue weighted by atomic mass is 10.0. The molecule has 3 aromatic carbocycles. The van der Waals surface area contributed by atoms with E-state index in [2.05, 4.69) is 4.98 Å². The number of thiazole rings is 1. The number of nitrogens with two attached hydrogens (primary N) is 1. The first-order chi connectivity index (χ1) is 14.8. The molecule has 0 fully saturated rings. The fourth-order valence-corrected chi connectivity index (χ4v) is 4.20. The molecule has 7 heteroatoms. The van der Waals surface area contributed by atoms with Crippen molar-refractivity contribution < 1.29 is 17.9 Å². The molecule has 0 radical (unpaired) electrons. The molecule has 0 saturated heterocycles. The number of fused-ring (bicyclic) bond motifs is 1. The minimum atomic E-state index is -4.25. The van der Waals surface area contributed by atoms with Gasteiger partial charge in [-0.2, -0.15) is 13.2 Å². The van der Waals surface area contributed by atoms with Crippen LogP contribution in [-0.4, -0.2) is 18.3 Å². The summed E-state index contributed by atoms with van der Waals surface area (Å²) in [5, 5.41) is 0.920. The lowest BCUT2D eigenvalue weighted by Crippen LogP contribution is -2.11. The zero-order valence-electron chi connectivity index (χ0n) is 16.6. The van der Waals surface area contributed by atoms with Gasteiger partial charge in [0.15, 0.2) is 0 Å². The second-order valence-corrected chi connectivity index (χ2v) is 8.09. The second-order valence-electron chi connectivity index (χ2n) is 7.06. The SMILES string of the molecule is COc1ccc2nc(-c3ccc(C=Cc4ccc(CC(F)(F)F)cc4N)cc3)sc2c1. The smallest absolute Gasteiger partial charge is 0.393 e. The first kappa shape index (κ1) is 20.9. The number of hydrogen-bond acceptors (Lipinski definition) is 4. The molecule has 3 nitrogen and oxygen atoms in total. The van der Waals surface area contributed by atoms with Crippen molar-refractivity contribution in [1.29, 1.82) is 0 Å². The van der Waals surface area contributed by atoms with E-state index in [4.69, 9.17) is 10.5 Å². The molecule has 0 bridgehead atoms. The number of anilines is 1. The molecule has 4 rings (SSSR count). The summed E-state index contributed by atoms with van der Waals surface area (Å²) in [7, 11) is 1.64. The van der Waals surface area contributed by atoms with Gasteiger partial charge >= 0.3 is 6.18 Å². The van der Waals surface area contributed by atoms with Crippen LogP contribution in [0.25, 0.3) is 32.9 Å². The fraction of sp³-hybridized carbons (Fsp3) is 0.125. The fourth-order valence-electron chi connectivity index (χ4n) is 3.20. The predicted octanol–water partition coefficient (Wildman–Crippen LogP) is 6.83. The van der Waals surface area contributed by atoms with Crippen LogP contribution in [-0.2, 0) is 6.42 Å². The van der Waals surface area contributed by atoms with Gasteiger partial charge in [0.25, 0.3) is 0 Å². The quantitative estimate of drug-likeness (QED) is 0.273. The highest BCUT2D eigenvalue weighted by Gasteiger charge is 2.27. The monoisotopic (exact) mass is 440 g/mol. The summed E-state index contributed by atoms with van der Waals surface area (Å²) in [6, 6.07) is 18.1. The summed E-state index contributed by atoms with van der Waals surface area (Å²) in [6.45, 7) is 0. The molecule has 0 saturated carbocycles. The Kier molecular flexibility index (Phi) is 5.69. The summed E-state index contributed by atoms with van der Waals surface area (Å²) < 4.78 is 43.9. The molecule has 2 N–H and O–H groups in total. The molecule has 0 aliphatic carbocycles. The Morgan fingerprint density at radius 2 is 1.77 bits per heavy atom. The number of ether oxygens (including phenoxy) is 1. The van der Waals surface area contributed by atoms with Gasteiger partial charge in [-0.25, -0.2) is 4.98 Å². The maximum absolute atomic E-state index is 12.5. The van der Waals surface area contributed by atoms with Gasteiger partial charge in [0.2, 0.25) is 0 Å². The van der Waals surface area contributed by atoms with Crippen LogP contribution in [0.1, 0.15) is 16.7 Å². The minimum absolute atomic E-state index is 0.153. The van der Waals surface area contributed by atoms with E-state index in [1.807, 2.05) is 48.5 Å². The van der Waals surface area contributed by atoms with Crippen LogP contribution in [0.4, 0.5) is 18.9 Å². The number of halogens is 3. The van der Waals surface area contributed by atoms with Crippen molar-refractivity contribution in [2.24, 2.45) is 0 Å². The van der Waals surface area contributed by atoms with Gasteiger partial charge in [-0.05, 0) is 41.0 Å². The summed E-state index contributed by atoms with van der Waals surface area (Å²) in [5.41, 5.74) is 9.96. The summed E-state index contributed by atoms with van der Waals surface area (Å²) in [6.07, 6.45) is -1.56. The summed E-state index contributed by atoms with van der Waals surface area (Å²) in [4.78, 5) is 4.68. The molecular formula is C24H19F3N2OS. The Morgan fingerprint density at radius 1 is 1.00 bits per heavy atom. The largest absolute Gasteiger partial charge is 0.497 e. The van der Waals surface area contributed by atoms with Crippen molar-refractivity contribution in [3.8, 4) is 16.3 Å². The van der Waals surface area contributed by atoms with Crippen molar-refractivity contribution >= 4 is 39.4 Å². The lowest BCUT2D eigenvalue weighted by Gasteiger charge is -2.08. The van der Waals surface area contributed by atoms with Crippen LogP contribution < -0.4 is 10.5 Å². The zero-order chi connectivity index (χ0) is 22.0. The molecule has 0 atom stereocenters. The topological polar surface area (TPSA) is 48.1 Å². The van der Waals surface area contributed by atoms with E-state index >= 15 is 0 Å². The molecule has 158 valence electrons. The normalized spacial score (nSPS) is 12.0. The van der Waals surface area contributed by atoms with Crippen LogP contribution >= 0.6 is 11.3 Å². The number of aromatic nitrogens is 1. The first-order valence-corrected chi connectivity index (χ1v) is 10.3. The van der Waals surface area contributed by atoms with Crippen LogP contribution in [0.3, 0.4) is 0 Å². The summed E-state index contributed by atoms with van der Waals surface area (Å²) >= 11 is 1.60. The number of benzene rings is 3. The van der Waals surface area contributed by atoms with Gasteiger partial charge in [-0.15, -0.1) is 11.3 Å². The molecule has 0 aliphatic heterocycles. The van der Waals surface area contributed by atoms with Crippen LogP contribution in [0.15, 0.2) is 60.7 Å². The Labute approximate surface area is 181 Å².